The molecular weight excluding hydrogens is 1060 g/mol. The van der Waals surface area contributed by atoms with Gasteiger partial charge < -0.3 is 25.2 Å². The van der Waals surface area contributed by atoms with Gasteiger partial charge in [0.05, 0.1) is 44.4 Å². The number of ether oxygens (including phenoxy) is 1. The summed E-state index contributed by atoms with van der Waals surface area (Å²) in [6.45, 7) is 2.80. The molecule has 7 rings (SSSR count). The number of aryl methyl sites for hydroxylation is 2. The molecule has 0 aliphatic carbocycles. The zero-order valence-corrected chi connectivity index (χ0v) is 40.2. The molecule has 8 N–H and O–H groups in total. The lowest BCUT2D eigenvalue weighted by atomic mass is 10.1. The molecule has 2 heterocycles. The number of carboxylic acids is 2. The Balaban J connectivity index is 1.31. The van der Waals surface area contributed by atoms with Gasteiger partial charge in [-0.3, -0.25) is 18.2 Å². The summed E-state index contributed by atoms with van der Waals surface area (Å²) in [6, 6.07) is 11.4. The Morgan fingerprint density at radius 2 is 1.33 bits per heavy atom. The molecular formula is C39H31N9O19S5. The van der Waals surface area contributed by atoms with Gasteiger partial charge >= 0.3 is 11.9 Å². The highest BCUT2D eigenvalue weighted by Gasteiger charge is 2.29. The van der Waals surface area contributed by atoms with E-state index in [9.17, 15) is 81.9 Å². The van der Waals surface area contributed by atoms with Crippen molar-refractivity contribution in [1.29, 1.82) is 0 Å². The third-order valence-electron chi connectivity index (χ3n) is 9.88. The third-order valence-corrected chi connectivity index (χ3v) is 14.3. The molecule has 0 unspecified atom stereocenters. The van der Waals surface area contributed by atoms with Gasteiger partial charge in [-0.1, -0.05) is 11.3 Å². The summed E-state index contributed by atoms with van der Waals surface area (Å²) >= 11 is 1.03. The van der Waals surface area contributed by atoms with Crippen LogP contribution in [0.3, 0.4) is 0 Å². The average Bonchev–Trinajstić information content (AvgIpc) is 3.85. The second kappa shape index (κ2) is 19.4. The van der Waals surface area contributed by atoms with E-state index in [0.717, 1.165) is 47.7 Å². The average molecular weight is 1090 g/mol. The summed E-state index contributed by atoms with van der Waals surface area (Å²) in [7, 11) is -20.2. The molecule has 0 amide bonds. The van der Waals surface area contributed by atoms with E-state index in [1.807, 2.05) is 0 Å². The molecule has 0 spiro atoms. The van der Waals surface area contributed by atoms with Crippen molar-refractivity contribution in [2.75, 3.05) is 12.4 Å². The van der Waals surface area contributed by atoms with Crippen LogP contribution in [0.1, 0.15) is 38.4 Å². The van der Waals surface area contributed by atoms with Gasteiger partial charge in [0.15, 0.2) is 11.4 Å². The molecule has 5 aromatic carbocycles. The molecule has 28 nitrogen and oxygen atoms in total. The smallest absolute Gasteiger partial charge is 0.358 e. The zero-order valence-electron chi connectivity index (χ0n) is 36.1. The highest BCUT2D eigenvalue weighted by atomic mass is 32.2. The van der Waals surface area contributed by atoms with E-state index in [4.69, 9.17) is 4.74 Å². The van der Waals surface area contributed by atoms with Gasteiger partial charge in [0.25, 0.3) is 40.5 Å². The van der Waals surface area contributed by atoms with Crippen LogP contribution in [0.4, 0.5) is 33.6 Å². The molecule has 376 valence electrons. The molecule has 0 bridgehead atoms. The van der Waals surface area contributed by atoms with Gasteiger partial charge in [0, 0.05) is 16.8 Å². The van der Waals surface area contributed by atoms with E-state index in [0.29, 0.717) is 32.1 Å². The number of aromatic carboxylic acids is 2. The molecule has 0 atom stereocenters. The predicted molar refractivity (Wildman–Crippen MR) is 249 cm³/mol. The molecule has 0 fully saturated rings. The molecule has 0 saturated carbocycles. The number of carboxylic acid groups (broad SMARTS) is 2. The Kier molecular flexibility index (Phi) is 14.1. The number of hydrogen-bond acceptors (Lipinski definition) is 22. The number of rotatable bonds is 17. The highest BCUT2D eigenvalue weighted by Crippen LogP contribution is 2.47. The van der Waals surface area contributed by atoms with Crippen molar-refractivity contribution >= 4 is 118 Å². The number of phenolic OH excluding ortho intramolecular Hbond substituents is 1. The molecule has 72 heavy (non-hydrogen) atoms. The maximum absolute atomic E-state index is 13.0. The van der Waals surface area contributed by atoms with Gasteiger partial charge in [-0.15, -0.1) is 30.7 Å². The Bertz CT molecular complexity index is 3990. The lowest BCUT2D eigenvalue weighted by Gasteiger charge is -2.13. The summed E-state index contributed by atoms with van der Waals surface area (Å²) in [5.41, 5.74) is -2.74. The number of nitrogens with zero attached hydrogens (tertiary/aromatic N) is 9. The van der Waals surface area contributed by atoms with Gasteiger partial charge in [-0.25, -0.2) is 14.6 Å². The van der Waals surface area contributed by atoms with Crippen LogP contribution in [0.25, 0.3) is 26.7 Å². The quantitative estimate of drug-likeness (QED) is 0.0246. The first-order chi connectivity index (χ1) is 33.5. The van der Waals surface area contributed by atoms with E-state index in [1.54, 1.807) is 6.92 Å². The zero-order chi connectivity index (χ0) is 52.8. The number of aromatic hydroxyl groups is 2. The van der Waals surface area contributed by atoms with E-state index >= 15 is 0 Å². The molecule has 0 aliphatic heterocycles. The van der Waals surface area contributed by atoms with Crippen LogP contribution in [0, 0.1) is 13.8 Å². The molecule has 2 aromatic heterocycles. The van der Waals surface area contributed by atoms with Crippen molar-refractivity contribution in [3.8, 4) is 23.1 Å². The predicted octanol–water partition coefficient (Wildman–Crippen LogP) is 7.70. The monoisotopic (exact) mass is 1090 g/mol. The molecule has 0 aliphatic rings. The van der Waals surface area contributed by atoms with Gasteiger partial charge in [0.1, 0.15) is 32.6 Å². The second-order valence-corrected chi connectivity index (χ2v) is 21.6. The minimum absolute atomic E-state index is 0.0270. The van der Waals surface area contributed by atoms with Crippen molar-refractivity contribution in [2.24, 2.45) is 30.7 Å². The Morgan fingerprint density at radius 1 is 0.681 bits per heavy atom. The van der Waals surface area contributed by atoms with Crippen LogP contribution in [-0.4, -0.2) is 111 Å². The summed E-state index contributed by atoms with van der Waals surface area (Å²) in [6.07, 6.45) is -0.262. The van der Waals surface area contributed by atoms with Crippen LogP contribution >= 0.6 is 11.3 Å². The highest BCUT2D eigenvalue weighted by molar-refractivity contribution is 7.86. The Labute approximate surface area is 408 Å². The SMILES string of the molecule is Cc1cc(N=Nc2c(S(=O)(=O)O)cc3c(S(=O)(=O)O)c(N=Nc4c(C(=O)O)nn(-c5ccc(S(=O)(=O)O)cc5)c4O)ccc3c2O)c(OCCCS(=O)(=O)O)cc1N=Nc1nc2c(C)cc(C(=O)O)cc2s1. The molecule has 33 heteroatoms. The van der Waals surface area contributed by atoms with E-state index in [-0.39, 0.29) is 46.5 Å². The number of benzene rings is 5. The number of azo groups is 3. The minimum Gasteiger partial charge on any atom is -0.505 e. The van der Waals surface area contributed by atoms with Crippen LogP contribution < -0.4 is 4.74 Å². The van der Waals surface area contributed by atoms with Crippen LogP contribution in [-0.2, 0) is 40.5 Å². The van der Waals surface area contributed by atoms with E-state index in [1.165, 1.54) is 31.2 Å². The van der Waals surface area contributed by atoms with Crippen LogP contribution in [0.15, 0.2) is 112 Å². The number of thiazole rings is 1. The maximum atomic E-state index is 13.0. The third kappa shape index (κ3) is 11.2. The lowest BCUT2D eigenvalue weighted by Crippen LogP contribution is -2.08. The van der Waals surface area contributed by atoms with E-state index in [2.05, 4.69) is 40.8 Å². The maximum Gasteiger partial charge on any atom is 0.358 e. The van der Waals surface area contributed by atoms with Gasteiger partial charge in [-0.05, 0) is 92.1 Å². The summed E-state index contributed by atoms with van der Waals surface area (Å²) in [5.74, 6) is -6.12. The largest absolute Gasteiger partial charge is 0.505 e. The van der Waals surface area contributed by atoms with E-state index < -0.39 is 118 Å². The minimum atomic E-state index is -5.55. The number of hydrogen-bond donors (Lipinski definition) is 8. The van der Waals surface area contributed by atoms with Crippen LogP contribution in [0.2, 0.25) is 0 Å². The normalized spacial score (nSPS) is 12.8. The van der Waals surface area contributed by atoms with Gasteiger partial charge in [0.2, 0.25) is 16.7 Å². The van der Waals surface area contributed by atoms with Crippen molar-refractivity contribution in [2.45, 2.75) is 35.0 Å². The number of carbonyl (C=O) groups is 2. The van der Waals surface area contributed by atoms with Crippen LogP contribution in [0.5, 0.6) is 17.4 Å². The number of phenols is 1. The molecule has 7 aromatic rings. The fourth-order valence-electron chi connectivity index (χ4n) is 6.64. The first-order valence-electron chi connectivity index (χ1n) is 19.5. The number of fused-ring (bicyclic) bond motifs is 2. The fourth-order valence-corrected chi connectivity index (χ4v) is 9.98. The molecule has 0 saturated heterocycles. The number of aromatic nitrogens is 3. The summed E-state index contributed by atoms with van der Waals surface area (Å²) in [5, 5.41) is 67.5. The summed E-state index contributed by atoms with van der Waals surface area (Å²) < 4.78 is 143. The second-order valence-electron chi connectivity index (χ2n) is 14.9. The fraction of sp³-hybridized carbons (Fsp3) is 0.128. The van der Waals surface area contributed by atoms with Crippen molar-refractivity contribution < 1.29 is 86.6 Å². The van der Waals surface area contributed by atoms with Crippen molar-refractivity contribution in [3.05, 3.63) is 89.1 Å². The lowest BCUT2D eigenvalue weighted by molar-refractivity contribution is 0.0682. The Hall–Kier alpha value is -7.76. The first-order valence-corrected chi connectivity index (χ1v) is 26.3. The topological polar surface area (TPSA) is 447 Å². The van der Waals surface area contributed by atoms with Crippen molar-refractivity contribution in [1.82, 2.24) is 14.8 Å². The standard InChI is InChI=1S/C39H31N9O19S5/c1-17-13-26(27(67-10-3-11-69(55,56)57)16-25(17)42-46-39-40-30-18(2)12-19(37(51)52)14-28(30)68-39)43-44-31-29(71(61,62)63)15-23-22(34(31)49)8-9-24(35(23)72(64,65)66)41-45-32-33(38(53)54)47-48(36(32)50)20-4-6-21(7-5-20)70(58,59)60/h4-9,12-16,49-50H,3,10-11H2,1-2H3,(H,51,52)(H,53,54)(H,55,56,57)(H,58,59,60)(H,61,62,63)(H,64,65,66). The summed E-state index contributed by atoms with van der Waals surface area (Å²) in [4.78, 5) is 24.9. The van der Waals surface area contributed by atoms with Crippen molar-refractivity contribution in [3.63, 3.8) is 0 Å². The molecule has 0 radical (unpaired) electrons. The first kappa shape index (κ1) is 52.1. The Morgan fingerprint density at radius 3 is 1.94 bits per heavy atom. The van der Waals surface area contributed by atoms with Gasteiger partial charge in [-0.2, -0.15) is 43.5 Å².